The van der Waals surface area contributed by atoms with Crippen molar-refractivity contribution in [3.8, 4) is 0 Å². The lowest BCUT2D eigenvalue weighted by Gasteiger charge is -2.23. The Kier molecular flexibility index (Phi) is 5.40. The van der Waals surface area contributed by atoms with E-state index in [0.29, 0.717) is 0 Å². The van der Waals surface area contributed by atoms with Crippen LogP contribution in [0.4, 0.5) is 0 Å². The third kappa shape index (κ3) is 5.67. The maximum Gasteiger partial charge on any atom is 0.338 e. The van der Waals surface area contributed by atoms with Gasteiger partial charge in [0.25, 0.3) is 0 Å². The molecule has 0 saturated carbocycles. The van der Waals surface area contributed by atoms with Crippen molar-refractivity contribution in [1.82, 2.24) is 0 Å². The summed E-state index contributed by atoms with van der Waals surface area (Å²) in [6, 6.07) is -0.323. The Morgan fingerprint density at radius 1 is 1.25 bits per heavy atom. The van der Waals surface area contributed by atoms with Gasteiger partial charge in [0.1, 0.15) is 5.60 Å². The highest BCUT2D eigenvalue weighted by Gasteiger charge is 2.33. The van der Waals surface area contributed by atoms with E-state index in [4.69, 9.17) is 16.4 Å². The van der Waals surface area contributed by atoms with E-state index in [9.17, 15) is 9.59 Å². The summed E-state index contributed by atoms with van der Waals surface area (Å²) in [6.07, 6.45) is 0.144. The molecule has 0 spiro atoms. The molecule has 2 atom stereocenters. The van der Waals surface area contributed by atoms with Crippen molar-refractivity contribution < 1.29 is 19.2 Å². The lowest BCUT2D eigenvalue weighted by Crippen LogP contribution is -2.37. The average Bonchev–Trinajstić information content (AvgIpc) is 2.09. The first-order valence-electron chi connectivity index (χ1n) is 5.06. The van der Waals surface area contributed by atoms with Gasteiger partial charge in [-0.3, -0.25) is 4.79 Å². The monoisotopic (exact) mass is 232 g/mol. The number of hydrogen-bond donors (Lipinski definition) is 2. The average molecular weight is 232 g/mol. The smallest absolute Gasteiger partial charge is 0.338 e. The number of carbonyl (C=O) groups is 2. The first-order valence-corrected chi connectivity index (χ1v) is 5.06. The highest BCUT2D eigenvalue weighted by Crippen LogP contribution is 2.15. The second kappa shape index (κ2) is 5.81. The molecule has 0 rings (SSSR count). The lowest BCUT2D eigenvalue weighted by molar-refractivity contribution is -0.170. The van der Waals surface area contributed by atoms with E-state index < -0.39 is 23.5 Å². The molecular weight excluding hydrogens is 212 g/mol. The molecule has 0 aromatic heterocycles. The fourth-order valence-electron chi connectivity index (χ4n) is 1.12. The number of nitrogens with two attached hydrogens (primary N) is 2. The minimum atomic E-state index is -1.07. The topological polar surface area (TPSA) is 105 Å². The SMILES string of the molecule is CC(N)CC(C(=O)ON)C(=O)OC(C)(C)C. The van der Waals surface area contributed by atoms with Gasteiger partial charge in [-0.25, -0.2) is 4.79 Å². The molecule has 0 heterocycles. The van der Waals surface area contributed by atoms with E-state index in [2.05, 4.69) is 4.84 Å². The Labute approximate surface area is 95.2 Å². The van der Waals surface area contributed by atoms with Gasteiger partial charge in [0.05, 0.1) is 0 Å². The second-order valence-corrected chi connectivity index (χ2v) is 4.74. The van der Waals surface area contributed by atoms with E-state index in [1.807, 2.05) is 0 Å². The van der Waals surface area contributed by atoms with Crippen molar-refractivity contribution in [3.63, 3.8) is 0 Å². The molecule has 0 fully saturated rings. The van der Waals surface area contributed by atoms with Crippen LogP contribution in [-0.2, 0) is 19.2 Å². The van der Waals surface area contributed by atoms with Gasteiger partial charge in [0.15, 0.2) is 5.92 Å². The van der Waals surface area contributed by atoms with Crippen LogP contribution in [0, 0.1) is 5.92 Å². The van der Waals surface area contributed by atoms with Gasteiger partial charge in [-0.05, 0) is 34.1 Å². The van der Waals surface area contributed by atoms with E-state index >= 15 is 0 Å². The molecule has 0 aliphatic heterocycles. The normalized spacial score (nSPS) is 15.1. The van der Waals surface area contributed by atoms with Gasteiger partial charge >= 0.3 is 11.9 Å². The number of esters is 1. The summed E-state index contributed by atoms with van der Waals surface area (Å²) < 4.78 is 5.07. The zero-order valence-electron chi connectivity index (χ0n) is 10.1. The summed E-state index contributed by atoms with van der Waals surface area (Å²) in [6.45, 7) is 6.81. The van der Waals surface area contributed by atoms with Crippen LogP contribution in [-0.4, -0.2) is 23.6 Å². The highest BCUT2D eigenvalue weighted by atomic mass is 16.7. The highest BCUT2D eigenvalue weighted by molar-refractivity contribution is 5.94. The van der Waals surface area contributed by atoms with E-state index in [1.165, 1.54) is 0 Å². The minimum absolute atomic E-state index is 0.144. The van der Waals surface area contributed by atoms with Gasteiger partial charge in [0, 0.05) is 6.04 Å². The molecule has 0 radical (unpaired) electrons. The van der Waals surface area contributed by atoms with Crippen molar-refractivity contribution in [2.24, 2.45) is 17.5 Å². The Morgan fingerprint density at radius 3 is 2.06 bits per heavy atom. The van der Waals surface area contributed by atoms with Crippen molar-refractivity contribution >= 4 is 11.9 Å². The van der Waals surface area contributed by atoms with Crippen LogP contribution in [0.5, 0.6) is 0 Å². The molecule has 16 heavy (non-hydrogen) atoms. The molecule has 0 saturated heterocycles. The standard InChI is InChI=1S/C10H20N2O4/c1-6(11)5-7(9(14)16-12)8(13)15-10(2,3)4/h6-7H,5,11-12H2,1-4H3. The van der Waals surface area contributed by atoms with Crippen molar-refractivity contribution in [2.45, 2.75) is 45.8 Å². The molecule has 0 bridgehead atoms. The number of ether oxygens (including phenoxy) is 1. The van der Waals surface area contributed by atoms with E-state index in [-0.39, 0.29) is 12.5 Å². The quantitative estimate of drug-likeness (QED) is 0.404. The van der Waals surface area contributed by atoms with Gasteiger partial charge in [-0.2, -0.15) is 5.90 Å². The van der Waals surface area contributed by atoms with Crippen molar-refractivity contribution in [1.29, 1.82) is 0 Å². The zero-order chi connectivity index (χ0) is 12.9. The predicted molar refractivity (Wildman–Crippen MR) is 57.9 cm³/mol. The number of rotatable bonds is 4. The third-order valence-electron chi connectivity index (χ3n) is 1.70. The first kappa shape index (κ1) is 14.9. The van der Waals surface area contributed by atoms with Crippen LogP contribution in [0.25, 0.3) is 0 Å². The summed E-state index contributed by atoms with van der Waals surface area (Å²) in [5.41, 5.74) is 4.87. The van der Waals surface area contributed by atoms with Crippen molar-refractivity contribution in [3.05, 3.63) is 0 Å². The van der Waals surface area contributed by atoms with Gasteiger partial charge in [-0.15, -0.1) is 0 Å². The summed E-state index contributed by atoms with van der Waals surface area (Å²) in [5, 5.41) is 0. The Balaban J connectivity index is 4.63. The molecule has 0 aromatic rings. The molecule has 0 aromatic carbocycles. The second-order valence-electron chi connectivity index (χ2n) is 4.74. The van der Waals surface area contributed by atoms with Crippen LogP contribution in [0.1, 0.15) is 34.1 Å². The van der Waals surface area contributed by atoms with Gasteiger partial charge in [-0.1, -0.05) is 0 Å². The summed E-state index contributed by atoms with van der Waals surface area (Å²) in [7, 11) is 0. The number of hydrogen-bond acceptors (Lipinski definition) is 6. The largest absolute Gasteiger partial charge is 0.459 e. The maximum atomic E-state index is 11.7. The number of carbonyl (C=O) groups excluding carboxylic acids is 2. The molecule has 2 unspecified atom stereocenters. The predicted octanol–water partition coefficient (Wildman–Crippen LogP) is 0.0985. The van der Waals surface area contributed by atoms with E-state index in [0.717, 1.165) is 0 Å². The Hall–Kier alpha value is -1.14. The molecule has 94 valence electrons. The zero-order valence-corrected chi connectivity index (χ0v) is 10.1. The van der Waals surface area contributed by atoms with Gasteiger partial charge < -0.3 is 15.3 Å². The lowest BCUT2D eigenvalue weighted by atomic mass is 10.0. The van der Waals surface area contributed by atoms with E-state index in [1.54, 1.807) is 27.7 Å². The molecular formula is C10H20N2O4. The van der Waals surface area contributed by atoms with Crippen LogP contribution in [0.2, 0.25) is 0 Å². The first-order chi connectivity index (χ1) is 7.17. The van der Waals surface area contributed by atoms with Crippen LogP contribution in [0.3, 0.4) is 0 Å². The maximum absolute atomic E-state index is 11.7. The van der Waals surface area contributed by atoms with Crippen LogP contribution in [0.15, 0.2) is 0 Å². The molecule has 0 aliphatic carbocycles. The summed E-state index contributed by atoms with van der Waals surface area (Å²) >= 11 is 0. The van der Waals surface area contributed by atoms with Crippen LogP contribution < -0.4 is 11.6 Å². The molecule has 4 N–H and O–H groups in total. The summed E-state index contributed by atoms with van der Waals surface area (Å²) in [5.74, 6) is 2.19. The van der Waals surface area contributed by atoms with Crippen LogP contribution >= 0.6 is 0 Å². The minimum Gasteiger partial charge on any atom is -0.459 e. The molecule has 0 aliphatic rings. The Morgan fingerprint density at radius 2 is 1.75 bits per heavy atom. The molecule has 6 nitrogen and oxygen atoms in total. The van der Waals surface area contributed by atoms with Gasteiger partial charge in [0.2, 0.25) is 0 Å². The Bertz CT molecular complexity index is 258. The van der Waals surface area contributed by atoms with Crippen molar-refractivity contribution in [2.75, 3.05) is 0 Å². The fourth-order valence-corrected chi connectivity index (χ4v) is 1.12. The molecule has 0 amide bonds. The fraction of sp³-hybridized carbons (Fsp3) is 0.800. The third-order valence-corrected chi connectivity index (χ3v) is 1.70. The summed E-state index contributed by atoms with van der Waals surface area (Å²) in [4.78, 5) is 27.0. The molecule has 6 heteroatoms.